The second kappa shape index (κ2) is 4.75. The lowest BCUT2D eigenvalue weighted by atomic mass is 9.87. The zero-order chi connectivity index (χ0) is 14.4. The molecule has 1 unspecified atom stereocenters. The Morgan fingerprint density at radius 2 is 1.63 bits per heavy atom. The van der Waals surface area contributed by atoms with E-state index in [4.69, 9.17) is 0 Å². The monoisotopic (exact) mass is 280 g/mol. The van der Waals surface area contributed by atoms with E-state index in [0.29, 0.717) is 6.42 Å². The molecule has 1 aliphatic rings. The highest BCUT2D eigenvalue weighted by atomic mass is 32.2. The molecule has 0 aromatic heterocycles. The van der Waals surface area contributed by atoms with Crippen LogP contribution in [0.3, 0.4) is 0 Å². The fraction of sp³-hybridized carbons (Fsp3) is 0.533. The lowest BCUT2D eigenvalue weighted by molar-refractivity contribution is 0.0932. The van der Waals surface area contributed by atoms with Gasteiger partial charge in [0, 0.05) is 11.5 Å². The van der Waals surface area contributed by atoms with Gasteiger partial charge in [-0.1, -0.05) is 6.07 Å². The van der Waals surface area contributed by atoms with Gasteiger partial charge >= 0.3 is 0 Å². The van der Waals surface area contributed by atoms with Gasteiger partial charge in [-0.2, -0.15) is 0 Å². The molecule has 0 bridgehead atoms. The van der Waals surface area contributed by atoms with Gasteiger partial charge in [0.05, 0.1) is 11.5 Å². The summed E-state index contributed by atoms with van der Waals surface area (Å²) in [6, 6.07) is 2.08. The number of carbonyl (C=O) groups is 1. The van der Waals surface area contributed by atoms with Crippen molar-refractivity contribution in [3.8, 4) is 0 Å². The van der Waals surface area contributed by atoms with Gasteiger partial charge in [0.25, 0.3) is 0 Å². The maximum atomic E-state index is 12.6. The maximum Gasteiger partial charge on any atom is 0.167 e. The summed E-state index contributed by atoms with van der Waals surface area (Å²) in [5.74, 6) is -0.198. The van der Waals surface area contributed by atoms with Crippen LogP contribution in [0.2, 0.25) is 0 Å². The molecule has 19 heavy (non-hydrogen) atoms. The van der Waals surface area contributed by atoms with E-state index in [0.717, 1.165) is 27.8 Å². The Morgan fingerprint density at radius 1 is 1.11 bits per heavy atom. The van der Waals surface area contributed by atoms with E-state index in [9.17, 15) is 13.2 Å². The van der Waals surface area contributed by atoms with Gasteiger partial charge in [-0.15, -0.1) is 0 Å². The van der Waals surface area contributed by atoms with Crippen molar-refractivity contribution >= 4 is 15.6 Å². The SMILES string of the molecule is Cc1cc(C)c(C)c(C(=O)C2CCS(=O)(=O)C2)c1C. The quantitative estimate of drug-likeness (QED) is 0.782. The molecule has 1 heterocycles. The molecule has 0 radical (unpaired) electrons. The molecule has 1 fully saturated rings. The topological polar surface area (TPSA) is 51.2 Å². The lowest BCUT2D eigenvalue weighted by Crippen LogP contribution is -2.19. The smallest absolute Gasteiger partial charge is 0.167 e. The largest absolute Gasteiger partial charge is 0.294 e. The van der Waals surface area contributed by atoms with E-state index in [1.165, 1.54) is 0 Å². The molecule has 1 atom stereocenters. The third-order valence-electron chi connectivity index (χ3n) is 4.22. The summed E-state index contributed by atoms with van der Waals surface area (Å²) in [4.78, 5) is 12.6. The number of carbonyl (C=O) groups excluding carboxylic acids is 1. The minimum Gasteiger partial charge on any atom is -0.294 e. The van der Waals surface area contributed by atoms with Gasteiger partial charge in [0.1, 0.15) is 0 Å². The molecule has 2 rings (SSSR count). The molecule has 3 nitrogen and oxygen atoms in total. The molecule has 104 valence electrons. The van der Waals surface area contributed by atoms with Crippen molar-refractivity contribution in [3.63, 3.8) is 0 Å². The van der Waals surface area contributed by atoms with Crippen LogP contribution >= 0.6 is 0 Å². The molecule has 0 N–H and O–H groups in total. The standard InChI is InChI=1S/C15H20O3S/c1-9-7-10(2)12(4)14(11(9)3)15(16)13-5-6-19(17,18)8-13/h7,13H,5-6,8H2,1-4H3. The minimum absolute atomic E-state index is 0.00266. The molecule has 1 aromatic rings. The summed E-state index contributed by atoms with van der Waals surface area (Å²) < 4.78 is 23.1. The maximum absolute atomic E-state index is 12.6. The summed E-state index contributed by atoms with van der Waals surface area (Å²) in [6.45, 7) is 7.87. The van der Waals surface area contributed by atoms with Crippen LogP contribution < -0.4 is 0 Å². The fourth-order valence-corrected chi connectivity index (χ4v) is 4.53. The Kier molecular flexibility index (Phi) is 3.56. The lowest BCUT2D eigenvalue weighted by Gasteiger charge is -2.16. The van der Waals surface area contributed by atoms with Crippen molar-refractivity contribution in [2.75, 3.05) is 11.5 Å². The van der Waals surface area contributed by atoms with Crippen LogP contribution in [-0.2, 0) is 9.84 Å². The third-order valence-corrected chi connectivity index (χ3v) is 5.98. The second-order valence-corrected chi connectivity index (χ2v) is 7.83. The van der Waals surface area contributed by atoms with Crippen LogP contribution in [0.5, 0.6) is 0 Å². The number of Topliss-reactive ketones (excluding diaryl/α,β-unsaturated/α-hetero) is 1. The van der Waals surface area contributed by atoms with Crippen LogP contribution in [-0.4, -0.2) is 25.7 Å². The first kappa shape index (κ1) is 14.3. The Morgan fingerprint density at radius 3 is 2.05 bits per heavy atom. The highest BCUT2D eigenvalue weighted by Gasteiger charge is 2.34. The number of sulfone groups is 1. The summed E-state index contributed by atoms with van der Waals surface area (Å²) in [7, 11) is -3.02. The Balaban J connectivity index is 2.46. The Bertz CT molecular complexity index is 616. The molecule has 0 saturated carbocycles. The van der Waals surface area contributed by atoms with Gasteiger partial charge in [-0.25, -0.2) is 8.42 Å². The molecule has 0 aliphatic carbocycles. The van der Waals surface area contributed by atoms with Crippen molar-refractivity contribution < 1.29 is 13.2 Å². The highest BCUT2D eigenvalue weighted by Crippen LogP contribution is 2.28. The van der Waals surface area contributed by atoms with Gasteiger partial charge in [0.15, 0.2) is 15.6 Å². The normalized spacial score (nSPS) is 21.6. The van der Waals surface area contributed by atoms with Gasteiger partial charge in [-0.05, 0) is 56.4 Å². The second-order valence-electron chi connectivity index (χ2n) is 5.60. The zero-order valence-corrected chi connectivity index (χ0v) is 12.7. The number of aryl methyl sites for hydroxylation is 2. The van der Waals surface area contributed by atoms with E-state index in [1.807, 2.05) is 27.7 Å². The van der Waals surface area contributed by atoms with Crippen molar-refractivity contribution in [2.24, 2.45) is 5.92 Å². The number of rotatable bonds is 2. The van der Waals surface area contributed by atoms with Crippen LogP contribution in [0.15, 0.2) is 6.07 Å². The Hall–Kier alpha value is -1.16. The van der Waals surface area contributed by atoms with Crippen LogP contribution in [0.1, 0.15) is 39.0 Å². The van der Waals surface area contributed by atoms with Crippen LogP contribution in [0.4, 0.5) is 0 Å². The average molecular weight is 280 g/mol. The van der Waals surface area contributed by atoms with Gasteiger partial charge in [-0.3, -0.25) is 4.79 Å². The van der Waals surface area contributed by atoms with Crippen molar-refractivity contribution in [2.45, 2.75) is 34.1 Å². The fourth-order valence-electron chi connectivity index (χ4n) is 2.79. The molecule has 4 heteroatoms. The molecule has 1 aromatic carbocycles. The number of ketones is 1. The predicted molar refractivity (Wildman–Crippen MR) is 76.5 cm³/mol. The first-order chi connectivity index (χ1) is 8.73. The van der Waals surface area contributed by atoms with Crippen LogP contribution in [0, 0.1) is 33.6 Å². The van der Waals surface area contributed by atoms with E-state index in [1.54, 1.807) is 0 Å². The van der Waals surface area contributed by atoms with E-state index >= 15 is 0 Å². The number of hydrogen-bond donors (Lipinski definition) is 0. The van der Waals surface area contributed by atoms with Crippen molar-refractivity contribution in [1.29, 1.82) is 0 Å². The first-order valence-electron chi connectivity index (χ1n) is 6.55. The van der Waals surface area contributed by atoms with Crippen molar-refractivity contribution in [1.82, 2.24) is 0 Å². The number of benzene rings is 1. The number of hydrogen-bond acceptors (Lipinski definition) is 3. The van der Waals surface area contributed by atoms with E-state index in [2.05, 4.69) is 6.07 Å². The van der Waals surface area contributed by atoms with E-state index in [-0.39, 0.29) is 23.2 Å². The third kappa shape index (κ3) is 2.59. The average Bonchev–Trinajstić information content (AvgIpc) is 2.67. The molecule has 1 aliphatic heterocycles. The van der Waals surface area contributed by atoms with Gasteiger partial charge < -0.3 is 0 Å². The van der Waals surface area contributed by atoms with Gasteiger partial charge in [0.2, 0.25) is 0 Å². The van der Waals surface area contributed by atoms with E-state index < -0.39 is 9.84 Å². The predicted octanol–water partition coefficient (Wildman–Crippen LogP) is 2.54. The molecule has 0 amide bonds. The zero-order valence-electron chi connectivity index (χ0n) is 11.9. The summed E-state index contributed by atoms with van der Waals surface area (Å²) in [6.07, 6.45) is 0.465. The summed E-state index contributed by atoms with van der Waals surface area (Å²) >= 11 is 0. The summed E-state index contributed by atoms with van der Waals surface area (Å²) in [5, 5.41) is 0. The molecular weight excluding hydrogens is 260 g/mol. The van der Waals surface area contributed by atoms with Crippen molar-refractivity contribution in [3.05, 3.63) is 33.9 Å². The van der Waals surface area contributed by atoms with Crippen LogP contribution in [0.25, 0.3) is 0 Å². The molecule has 0 spiro atoms. The minimum atomic E-state index is -3.02. The Labute approximate surface area is 114 Å². The first-order valence-corrected chi connectivity index (χ1v) is 8.37. The molecular formula is C15H20O3S. The summed E-state index contributed by atoms with van der Waals surface area (Å²) in [5.41, 5.74) is 4.88. The highest BCUT2D eigenvalue weighted by molar-refractivity contribution is 7.91. The molecule has 1 saturated heterocycles.